The zero-order chi connectivity index (χ0) is 11.0. The predicted molar refractivity (Wildman–Crippen MR) is 64.5 cm³/mol. The number of nitrogens with zero attached hydrogens (tertiary/aromatic N) is 2. The number of hydrogen-bond acceptors (Lipinski definition) is 4. The van der Waals surface area contributed by atoms with Gasteiger partial charge in [0.25, 0.3) is 0 Å². The number of benzene rings is 1. The molecule has 1 aromatic heterocycles. The molecule has 4 nitrogen and oxygen atoms in total. The Morgan fingerprint density at radius 2 is 2.00 bits per heavy atom. The van der Waals surface area contributed by atoms with Gasteiger partial charge in [-0.15, -0.1) is 0 Å². The van der Waals surface area contributed by atoms with Crippen molar-refractivity contribution in [2.75, 3.05) is 5.43 Å². The number of aryl methyl sites for hydroxylation is 2. The number of halogens is 1. The van der Waals surface area contributed by atoms with Crippen LogP contribution in [-0.2, 0) is 0 Å². The molecule has 0 atom stereocenters. The summed E-state index contributed by atoms with van der Waals surface area (Å²) in [6.45, 7) is 3.86. The third-order valence-corrected chi connectivity index (χ3v) is 2.75. The summed E-state index contributed by atoms with van der Waals surface area (Å²) in [6.07, 6.45) is 0. The molecule has 0 amide bonds. The summed E-state index contributed by atoms with van der Waals surface area (Å²) < 4.78 is 0.958. The summed E-state index contributed by atoms with van der Waals surface area (Å²) in [7, 11) is 0. The molecule has 0 saturated carbocycles. The Bertz CT molecular complexity index is 524. The summed E-state index contributed by atoms with van der Waals surface area (Å²) in [5, 5.41) is 0.926. The van der Waals surface area contributed by atoms with E-state index in [1.54, 1.807) is 0 Å². The molecule has 0 spiro atoms. The van der Waals surface area contributed by atoms with Gasteiger partial charge in [-0.3, -0.25) is 0 Å². The first kappa shape index (κ1) is 10.3. The molecule has 0 unspecified atom stereocenters. The molecule has 1 heterocycles. The van der Waals surface area contributed by atoms with Gasteiger partial charge in [-0.05, 0) is 47.5 Å². The fourth-order valence-corrected chi connectivity index (χ4v) is 2.21. The molecule has 2 aromatic rings. The van der Waals surface area contributed by atoms with Crippen molar-refractivity contribution >= 4 is 32.7 Å². The summed E-state index contributed by atoms with van der Waals surface area (Å²) in [6, 6.07) is 4.03. The Balaban J connectivity index is 2.89. The second kappa shape index (κ2) is 3.75. The van der Waals surface area contributed by atoms with Gasteiger partial charge in [-0.2, -0.15) is 0 Å². The van der Waals surface area contributed by atoms with Gasteiger partial charge in [0.05, 0.1) is 5.52 Å². The van der Waals surface area contributed by atoms with Gasteiger partial charge >= 0.3 is 0 Å². The fraction of sp³-hybridized carbons (Fsp3) is 0.200. The van der Waals surface area contributed by atoms with E-state index in [1.807, 2.05) is 26.0 Å². The Morgan fingerprint density at radius 3 is 2.67 bits per heavy atom. The second-order valence-electron chi connectivity index (χ2n) is 3.41. The van der Waals surface area contributed by atoms with Crippen LogP contribution in [-0.4, -0.2) is 9.97 Å². The molecule has 0 saturated heterocycles. The molecule has 0 bridgehead atoms. The maximum atomic E-state index is 5.43. The monoisotopic (exact) mass is 266 g/mol. The molecule has 15 heavy (non-hydrogen) atoms. The molecule has 0 radical (unpaired) electrons. The zero-order valence-corrected chi connectivity index (χ0v) is 10.1. The second-order valence-corrected chi connectivity index (χ2v) is 4.26. The third-order valence-electron chi connectivity index (χ3n) is 2.15. The van der Waals surface area contributed by atoms with Gasteiger partial charge in [0, 0.05) is 9.86 Å². The minimum absolute atomic E-state index is 0.655. The van der Waals surface area contributed by atoms with E-state index in [0.717, 1.165) is 20.9 Å². The highest BCUT2D eigenvalue weighted by atomic mass is 79.9. The van der Waals surface area contributed by atoms with Crippen LogP contribution in [0.25, 0.3) is 10.9 Å². The zero-order valence-electron chi connectivity index (χ0n) is 8.50. The summed E-state index contributed by atoms with van der Waals surface area (Å²) in [5.41, 5.74) is 4.61. The molecule has 0 aliphatic rings. The lowest BCUT2D eigenvalue weighted by Gasteiger charge is -2.08. The topological polar surface area (TPSA) is 63.8 Å². The number of anilines is 1. The van der Waals surface area contributed by atoms with Crippen LogP contribution in [0.4, 0.5) is 5.82 Å². The van der Waals surface area contributed by atoms with Crippen LogP contribution in [0.1, 0.15) is 11.4 Å². The van der Waals surface area contributed by atoms with Crippen LogP contribution < -0.4 is 11.3 Å². The predicted octanol–water partition coefficient (Wildman–Crippen LogP) is 2.29. The number of aromatic nitrogens is 2. The van der Waals surface area contributed by atoms with Crippen LogP contribution in [0.2, 0.25) is 0 Å². The van der Waals surface area contributed by atoms with Gasteiger partial charge in [0.1, 0.15) is 5.82 Å². The van der Waals surface area contributed by atoms with Crippen molar-refractivity contribution in [2.24, 2.45) is 5.84 Å². The SMILES string of the molecule is Cc1cc(Br)c2nc(C)nc(NN)c2c1. The highest BCUT2D eigenvalue weighted by Gasteiger charge is 2.08. The normalized spacial score (nSPS) is 10.7. The molecule has 0 aliphatic heterocycles. The fourth-order valence-electron chi connectivity index (χ4n) is 1.55. The summed E-state index contributed by atoms with van der Waals surface area (Å²) in [4.78, 5) is 8.61. The average molecular weight is 267 g/mol. The van der Waals surface area contributed by atoms with Crippen molar-refractivity contribution in [2.45, 2.75) is 13.8 Å². The van der Waals surface area contributed by atoms with Crippen LogP contribution in [0, 0.1) is 13.8 Å². The van der Waals surface area contributed by atoms with E-state index in [2.05, 4.69) is 31.3 Å². The standard InChI is InChI=1S/C10H11BrN4/c1-5-3-7-9(8(11)4-5)13-6(2)14-10(7)15-12/h3-4H,12H2,1-2H3,(H,13,14,15). The molecule has 3 N–H and O–H groups in total. The van der Waals surface area contributed by atoms with Gasteiger partial charge in [0.15, 0.2) is 5.82 Å². The molecule has 5 heteroatoms. The van der Waals surface area contributed by atoms with Crippen LogP contribution in [0.5, 0.6) is 0 Å². The number of rotatable bonds is 1. The molecular formula is C10H11BrN4. The van der Waals surface area contributed by atoms with Crippen molar-refractivity contribution in [3.8, 4) is 0 Å². The van der Waals surface area contributed by atoms with Crippen molar-refractivity contribution in [3.63, 3.8) is 0 Å². The maximum Gasteiger partial charge on any atom is 0.151 e. The number of fused-ring (bicyclic) bond motifs is 1. The van der Waals surface area contributed by atoms with E-state index < -0.39 is 0 Å². The molecule has 78 valence electrons. The van der Waals surface area contributed by atoms with E-state index in [0.29, 0.717) is 11.6 Å². The molecule has 0 fully saturated rings. The molecule has 1 aromatic carbocycles. The van der Waals surface area contributed by atoms with Gasteiger partial charge < -0.3 is 5.43 Å². The lowest BCUT2D eigenvalue weighted by atomic mass is 10.1. The highest BCUT2D eigenvalue weighted by Crippen LogP contribution is 2.27. The van der Waals surface area contributed by atoms with Crippen molar-refractivity contribution in [3.05, 3.63) is 28.0 Å². The number of hydrazine groups is 1. The third kappa shape index (κ3) is 1.80. The Hall–Kier alpha value is -1.20. The quantitative estimate of drug-likeness (QED) is 0.614. The number of nitrogens with two attached hydrogens (primary N) is 1. The number of nitrogen functional groups attached to an aromatic ring is 1. The lowest BCUT2D eigenvalue weighted by molar-refractivity contribution is 1.08. The van der Waals surface area contributed by atoms with Gasteiger partial charge in [-0.25, -0.2) is 15.8 Å². The van der Waals surface area contributed by atoms with E-state index >= 15 is 0 Å². The van der Waals surface area contributed by atoms with Crippen molar-refractivity contribution in [1.29, 1.82) is 0 Å². The molecular weight excluding hydrogens is 256 g/mol. The Morgan fingerprint density at radius 1 is 1.27 bits per heavy atom. The van der Waals surface area contributed by atoms with Crippen LogP contribution in [0.15, 0.2) is 16.6 Å². The van der Waals surface area contributed by atoms with E-state index in [4.69, 9.17) is 5.84 Å². The highest BCUT2D eigenvalue weighted by molar-refractivity contribution is 9.10. The maximum absolute atomic E-state index is 5.43. The molecule has 2 rings (SSSR count). The van der Waals surface area contributed by atoms with Gasteiger partial charge in [-0.1, -0.05) is 0 Å². The van der Waals surface area contributed by atoms with E-state index in [1.165, 1.54) is 0 Å². The van der Waals surface area contributed by atoms with Crippen molar-refractivity contribution in [1.82, 2.24) is 9.97 Å². The summed E-state index contributed by atoms with van der Waals surface area (Å²) in [5.74, 6) is 6.78. The van der Waals surface area contributed by atoms with E-state index in [9.17, 15) is 0 Å². The minimum Gasteiger partial charge on any atom is -0.308 e. The smallest absolute Gasteiger partial charge is 0.151 e. The summed E-state index contributed by atoms with van der Waals surface area (Å²) >= 11 is 3.49. The van der Waals surface area contributed by atoms with Crippen LogP contribution >= 0.6 is 15.9 Å². The average Bonchev–Trinajstić information content (AvgIpc) is 2.18. The molecule has 0 aliphatic carbocycles. The Labute approximate surface area is 96.0 Å². The first-order valence-corrected chi connectivity index (χ1v) is 5.32. The van der Waals surface area contributed by atoms with Crippen LogP contribution in [0.3, 0.4) is 0 Å². The van der Waals surface area contributed by atoms with E-state index in [-0.39, 0.29) is 0 Å². The minimum atomic E-state index is 0.655. The largest absolute Gasteiger partial charge is 0.308 e. The first-order chi connectivity index (χ1) is 7.11. The lowest BCUT2D eigenvalue weighted by Crippen LogP contribution is -2.10. The van der Waals surface area contributed by atoms with Crippen molar-refractivity contribution < 1.29 is 0 Å². The number of hydrogen-bond donors (Lipinski definition) is 2. The first-order valence-electron chi connectivity index (χ1n) is 4.53. The van der Waals surface area contributed by atoms with Gasteiger partial charge in [0.2, 0.25) is 0 Å². The number of nitrogens with one attached hydrogen (secondary N) is 1. The Kier molecular flexibility index (Phi) is 2.58.